The van der Waals surface area contributed by atoms with E-state index in [9.17, 15) is 13.2 Å². The van der Waals surface area contributed by atoms with Gasteiger partial charge in [0.1, 0.15) is 5.82 Å². The zero-order valence-electron chi connectivity index (χ0n) is 12.0. The maximum absolute atomic E-state index is 12.9. The summed E-state index contributed by atoms with van der Waals surface area (Å²) in [7, 11) is 0. The first kappa shape index (κ1) is 15.9. The second kappa shape index (κ2) is 6.23. The molecule has 2 N–H and O–H groups in total. The molecule has 23 heavy (non-hydrogen) atoms. The van der Waals surface area contributed by atoms with Crippen molar-refractivity contribution in [3.63, 3.8) is 0 Å². The first-order chi connectivity index (χ1) is 10.9. The zero-order chi connectivity index (χ0) is 16.4. The fourth-order valence-corrected chi connectivity index (χ4v) is 2.08. The summed E-state index contributed by atoms with van der Waals surface area (Å²) in [4.78, 5) is 7.65. The van der Waals surface area contributed by atoms with Crippen LogP contribution in [0.3, 0.4) is 0 Å². The largest absolute Gasteiger partial charge is 0.433 e. The minimum absolute atomic E-state index is 0.000862. The Hall–Kier alpha value is -2.02. The van der Waals surface area contributed by atoms with E-state index in [1.807, 2.05) is 0 Å². The van der Waals surface area contributed by atoms with Crippen molar-refractivity contribution in [3.8, 4) is 0 Å². The molecule has 122 valence electrons. The van der Waals surface area contributed by atoms with Gasteiger partial charge in [0.25, 0.3) is 0 Å². The van der Waals surface area contributed by atoms with E-state index >= 15 is 0 Å². The summed E-state index contributed by atoms with van der Waals surface area (Å²) in [6, 6.07) is 8.12. The molecular formula is C15H14ClF3N4. The third kappa shape index (κ3) is 4.48. The molecule has 1 aromatic carbocycles. The van der Waals surface area contributed by atoms with Gasteiger partial charge in [-0.1, -0.05) is 23.7 Å². The lowest BCUT2D eigenvalue weighted by Gasteiger charge is -2.12. The molecular weight excluding hydrogens is 329 g/mol. The Morgan fingerprint density at radius 3 is 2.43 bits per heavy atom. The van der Waals surface area contributed by atoms with Crippen LogP contribution in [0.25, 0.3) is 0 Å². The molecule has 4 nitrogen and oxygen atoms in total. The van der Waals surface area contributed by atoms with E-state index < -0.39 is 11.9 Å². The van der Waals surface area contributed by atoms with E-state index in [0.717, 1.165) is 24.5 Å². The second-order valence-corrected chi connectivity index (χ2v) is 5.79. The quantitative estimate of drug-likeness (QED) is 0.849. The third-order valence-corrected chi connectivity index (χ3v) is 3.57. The maximum atomic E-state index is 12.9. The smallest absolute Gasteiger partial charge is 0.366 e. The molecule has 8 heteroatoms. The zero-order valence-corrected chi connectivity index (χ0v) is 12.7. The summed E-state index contributed by atoms with van der Waals surface area (Å²) in [6.07, 6.45) is -2.67. The number of alkyl halides is 3. The molecule has 0 amide bonds. The van der Waals surface area contributed by atoms with Gasteiger partial charge in [0.05, 0.1) is 0 Å². The lowest BCUT2D eigenvalue weighted by molar-refractivity contribution is -0.141. The number of hydrogen-bond acceptors (Lipinski definition) is 4. The molecule has 0 bridgehead atoms. The van der Waals surface area contributed by atoms with Crippen LogP contribution >= 0.6 is 11.6 Å². The van der Waals surface area contributed by atoms with Crippen LogP contribution < -0.4 is 10.6 Å². The Bertz CT molecular complexity index is 684. The van der Waals surface area contributed by atoms with Gasteiger partial charge in [-0.25, -0.2) is 4.98 Å². The third-order valence-electron chi connectivity index (χ3n) is 3.31. The van der Waals surface area contributed by atoms with Crippen LogP contribution in [0.2, 0.25) is 5.02 Å². The molecule has 1 aliphatic carbocycles. The van der Waals surface area contributed by atoms with Gasteiger partial charge in [-0.3, -0.25) is 0 Å². The fourth-order valence-electron chi connectivity index (χ4n) is 1.95. The molecule has 0 unspecified atom stereocenters. The summed E-state index contributed by atoms with van der Waals surface area (Å²) in [5, 5.41) is 6.39. The average molecular weight is 343 g/mol. The molecule has 0 aliphatic heterocycles. The number of benzene rings is 1. The SMILES string of the molecule is FC(F)(F)c1cc(NCc2ccc(Cl)cc2)nc(NC2CC2)n1. The van der Waals surface area contributed by atoms with E-state index in [0.29, 0.717) is 11.6 Å². The van der Waals surface area contributed by atoms with E-state index in [2.05, 4.69) is 20.6 Å². The van der Waals surface area contributed by atoms with Crippen molar-refractivity contribution in [2.75, 3.05) is 10.6 Å². The van der Waals surface area contributed by atoms with Crippen molar-refractivity contribution in [1.29, 1.82) is 0 Å². The Morgan fingerprint density at radius 1 is 1.13 bits per heavy atom. The van der Waals surface area contributed by atoms with Gasteiger partial charge in [0.2, 0.25) is 5.95 Å². The topological polar surface area (TPSA) is 49.8 Å². The monoisotopic (exact) mass is 342 g/mol. The van der Waals surface area contributed by atoms with Crippen LogP contribution in [0.4, 0.5) is 24.9 Å². The van der Waals surface area contributed by atoms with Crippen LogP contribution in [0.5, 0.6) is 0 Å². The van der Waals surface area contributed by atoms with E-state index in [1.54, 1.807) is 24.3 Å². The summed E-state index contributed by atoms with van der Waals surface area (Å²) < 4.78 is 38.8. The lowest BCUT2D eigenvalue weighted by atomic mass is 10.2. The number of hydrogen-bond donors (Lipinski definition) is 2. The van der Waals surface area contributed by atoms with Crippen molar-refractivity contribution in [3.05, 3.63) is 46.6 Å². The Kier molecular flexibility index (Phi) is 4.30. The normalized spacial score (nSPS) is 14.6. The van der Waals surface area contributed by atoms with E-state index in [4.69, 9.17) is 11.6 Å². The number of halogens is 4. The summed E-state index contributed by atoms with van der Waals surface area (Å²) in [5.41, 5.74) is -0.0764. The molecule has 0 atom stereocenters. The van der Waals surface area contributed by atoms with Crippen LogP contribution in [-0.2, 0) is 12.7 Å². The highest BCUT2D eigenvalue weighted by atomic mass is 35.5. The van der Waals surface area contributed by atoms with Gasteiger partial charge in [0, 0.05) is 23.7 Å². The number of rotatable bonds is 5. The minimum atomic E-state index is -4.51. The van der Waals surface area contributed by atoms with Gasteiger partial charge >= 0.3 is 6.18 Å². The van der Waals surface area contributed by atoms with E-state index in [-0.39, 0.29) is 17.8 Å². The average Bonchev–Trinajstić information content (AvgIpc) is 3.29. The highest BCUT2D eigenvalue weighted by molar-refractivity contribution is 6.30. The first-order valence-electron chi connectivity index (χ1n) is 7.11. The molecule has 1 saturated carbocycles. The van der Waals surface area contributed by atoms with Crippen molar-refractivity contribution in [2.24, 2.45) is 0 Å². The Balaban J connectivity index is 1.77. The molecule has 2 aromatic rings. The Labute approximate surface area is 136 Å². The van der Waals surface area contributed by atoms with Gasteiger partial charge in [0.15, 0.2) is 5.69 Å². The van der Waals surface area contributed by atoms with Crippen molar-refractivity contribution >= 4 is 23.4 Å². The highest BCUT2D eigenvalue weighted by Gasteiger charge is 2.34. The predicted molar refractivity (Wildman–Crippen MR) is 82.5 cm³/mol. The van der Waals surface area contributed by atoms with Crippen molar-refractivity contribution in [2.45, 2.75) is 31.6 Å². The second-order valence-electron chi connectivity index (χ2n) is 5.36. The summed E-state index contributed by atoms with van der Waals surface area (Å²) in [6.45, 7) is 0.342. The molecule has 0 radical (unpaired) electrons. The van der Waals surface area contributed by atoms with Crippen molar-refractivity contribution < 1.29 is 13.2 Å². The van der Waals surface area contributed by atoms with Gasteiger partial charge in [-0.15, -0.1) is 0 Å². The lowest BCUT2D eigenvalue weighted by Crippen LogP contribution is -2.15. The van der Waals surface area contributed by atoms with Gasteiger partial charge < -0.3 is 10.6 Å². The molecule has 0 saturated heterocycles. The number of anilines is 2. The van der Waals surface area contributed by atoms with Gasteiger partial charge in [-0.05, 0) is 30.5 Å². The summed E-state index contributed by atoms with van der Waals surface area (Å²) >= 11 is 5.80. The number of nitrogens with zero attached hydrogens (tertiary/aromatic N) is 2. The standard InChI is InChI=1S/C15H14ClF3N4/c16-10-3-1-9(2-4-10)8-20-13-7-12(15(17,18)19)22-14(23-13)21-11-5-6-11/h1-4,7,11H,5-6,8H2,(H2,20,21,22,23). The van der Waals surface area contributed by atoms with Crippen LogP contribution in [0.15, 0.2) is 30.3 Å². The van der Waals surface area contributed by atoms with Gasteiger partial charge in [-0.2, -0.15) is 18.2 Å². The molecule has 1 aliphatic rings. The minimum Gasteiger partial charge on any atom is -0.366 e. The van der Waals surface area contributed by atoms with E-state index in [1.165, 1.54) is 0 Å². The number of nitrogens with one attached hydrogen (secondary N) is 2. The Morgan fingerprint density at radius 2 is 1.83 bits per heavy atom. The fraction of sp³-hybridized carbons (Fsp3) is 0.333. The highest BCUT2D eigenvalue weighted by Crippen LogP contribution is 2.31. The van der Waals surface area contributed by atoms with Crippen LogP contribution in [0.1, 0.15) is 24.1 Å². The first-order valence-corrected chi connectivity index (χ1v) is 7.49. The van der Waals surface area contributed by atoms with Crippen LogP contribution in [0, 0.1) is 0 Å². The molecule has 1 aromatic heterocycles. The maximum Gasteiger partial charge on any atom is 0.433 e. The van der Waals surface area contributed by atoms with Crippen molar-refractivity contribution in [1.82, 2.24) is 9.97 Å². The predicted octanol–water partition coefficient (Wildman–Crippen LogP) is 4.34. The van der Waals surface area contributed by atoms with Crippen LogP contribution in [-0.4, -0.2) is 16.0 Å². The molecule has 0 spiro atoms. The molecule has 3 rings (SSSR count). The molecule has 1 fully saturated rings. The number of aromatic nitrogens is 2. The summed E-state index contributed by atoms with van der Waals surface area (Å²) in [5.74, 6) is 0.131. The molecule has 1 heterocycles.